The number of nitrogens with one attached hydrogen (secondary N) is 1. The Morgan fingerprint density at radius 2 is 1.81 bits per heavy atom. The molecule has 144 valence electrons. The number of benzene rings is 1. The van der Waals surface area contributed by atoms with Crippen molar-refractivity contribution in [1.82, 2.24) is 9.13 Å². The first-order chi connectivity index (χ1) is 12.7. The summed E-state index contributed by atoms with van der Waals surface area (Å²) in [5, 5.41) is 2.39. The van der Waals surface area contributed by atoms with E-state index in [2.05, 4.69) is 5.32 Å². The highest BCUT2D eigenvalue weighted by Gasteiger charge is 2.12. The lowest BCUT2D eigenvalue weighted by Crippen LogP contribution is -2.38. The molecule has 0 unspecified atom stereocenters. The smallest absolute Gasteiger partial charge is 0.332 e. The van der Waals surface area contributed by atoms with Crippen LogP contribution in [0.5, 0.6) is 0 Å². The molecule has 0 aliphatic heterocycles. The van der Waals surface area contributed by atoms with Crippen molar-refractivity contribution < 1.29 is 14.3 Å². The average molecular weight is 391 g/mol. The number of carbonyl (C=O) groups is 2. The van der Waals surface area contributed by atoms with Crippen molar-refractivity contribution in [2.24, 2.45) is 14.1 Å². The van der Waals surface area contributed by atoms with Gasteiger partial charge >= 0.3 is 11.7 Å². The van der Waals surface area contributed by atoms with Crippen LogP contribution in [0.3, 0.4) is 0 Å². The van der Waals surface area contributed by atoms with Gasteiger partial charge in [0.2, 0.25) is 0 Å². The van der Waals surface area contributed by atoms with Crippen molar-refractivity contribution in [3.8, 4) is 0 Å². The lowest BCUT2D eigenvalue weighted by Gasteiger charge is -2.11. The first kappa shape index (κ1) is 20.5. The first-order valence-electron chi connectivity index (χ1n) is 8.11. The number of amides is 1. The Labute approximate surface area is 160 Å². The molecule has 2 aromatic rings. The minimum absolute atomic E-state index is 0.0360. The van der Waals surface area contributed by atoms with E-state index < -0.39 is 29.7 Å². The monoisotopic (exact) mass is 391 g/mol. The van der Waals surface area contributed by atoms with Crippen LogP contribution in [0, 0.1) is 13.8 Å². The Balaban J connectivity index is 1.88. The quantitative estimate of drug-likeness (QED) is 0.582. The van der Waals surface area contributed by atoms with E-state index in [0.29, 0.717) is 0 Å². The van der Waals surface area contributed by atoms with E-state index in [4.69, 9.17) is 4.74 Å². The molecule has 1 heterocycles. The molecule has 1 aromatic heterocycles. The molecule has 8 nitrogen and oxygen atoms in total. The van der Waals surface area contributed by atoms with Gasteiger partial charge in [0.05, 0.1) is 5.75 Å². The molecule has 0 saturated heterocycles. The van der Waals surface area contributed by atoms with Gasteiger partial charge in [-0.25, -0.2) is 4.79 Å². The molecule has 1 N–H and O–H groups in total. The second kappa shape index (κ2) is 8.72. The summed E-state index contributed by atoms with van der Waals surface area (Å²) in [7, 11) is 2.76. The number of hydrogen-bond donors (Lipinski definition) is 1. The summed E-state index contributed by atoms with van der Waals surface area (Å²) >= 11 is 1.34. The molecule has 1 amide bonds. The number of anilines is 1. The van der Waals surface area contributed by atoms with Crippen molar-refractivity contribution >= 4 is 29.5 Å². The summed E-state index contributed by atoms with van der Waals surface area (Å²) in [6.45, 7) is 3.42. The Kier molecular flexibility index (Phi) is 6.62. The summed E-state index contributed by atoms with van der Waals surface area (Å²) in [5.74, 6) is -1.06. The van der Waals surface area contributed by atoms with Gasteiger partial charge in [-0.15, -0.1) is 11.8 Å². The van der Waals surface area contributed by atoms with Gasteiger partial charge in [0, 0.05) is 25.1 Å². The molecule has 0 saturated carbocycles. The van der Waals surface area contributed by atoms with E-state index >= 15 is 0 Å². The largest absolute Gasteiger partial charge is 0.455 e. The maximum absolute atomic E-state index is 11.9. The molecule has 0 bridgehead atoms. The number of esters is 1. The number of aryl methyl sites for hydroxylation is 2. The highest BCUT2D eigenvalue weighted by molar-refractivity contribution is 8.00. The molecule has 0 spiro atoms. The third-order valence-corrected chi connectivity index (χ3v) is 4.98. The molecule has 9 heteroatoms. The number of carbonyl (C=O) groups excluding carboxylic acids is 2. The molecule has 1 aromatic carbocycles. The second-order valence-electron chi connectivity index (χ2n) is 6.03. The van der Waals surface area contributed by atoms with Crippen molar-refractivity contribution in [3.63, 3.8) is 0 Å². The van der Waals surface area contributed by atoms with Crippen LogP contribution in [0.1, 0.15) is 11.1 Å². The minimum atomic E-state index is -0.636. The van der Waals surface area contributed by atoms with Gasteiger partial charge in [0.1, 0.15) is 5.82 Å². The van der Waals surface area contributed by atoms with Crippen LogP contribution < -0.4 is 16.6 Å². The van der Waals surface area contributed by atoms with Crippen molar-refractivity contribution in [2.45, 2.75) is 18.7 Å². The number of rotatable bonds is 6. The summed E-state index contributed by atoms with van der Waals surface area (Å²) in [6, 6.07) is 7.07. The summed E-state index contributed by atoms with van der Waals surface area (Å²) in [5.41, 5.74) is 1.04. The van der Waals surface area contributed by atoms with Crippen LogP contribution in [0.2, 0.25) is 0 Å². The van der Waals surface area contributed by atoms with Crippen LogP contribution in [0.4, 0.5) is 5.82 Å². The fourth-order valence-corrected chi connectivity index (χ4v) is 3.14. The zero-order valence-electron chi connectivity index (χ0n) is 15.6. The molecule has 2 rings (SSSR count). The lowest BCUT2D eigenvalue weighted by molar-refractivity contribution is -0.144. The SMILES string of the molecule is Cc1ccc(C)c(SCC(=O)OCC(=O)Nc2cc(=O)n(C)c(=O)n2C)c1. The molecule has 0 atom stereocenters. The van der Waals surface area contributed by atoms with Crippen LogP contribution in [0.25, 0.3) is 0 Å². The minimum Gasteiger partial charge on any atom is -0.455 e. The summed E-state index contributed by atoms with van der Waals surface area (Å²) < 4.78 is 6.99. The van der Waals surface area contributed by atoms with E-state index in [1.165, 1.54) is 25.9 Å². The Morgan fingerprint density at radius 3 is 2.52 bits per heavy atom. The molecule has 0 radical (unpaired) electrons. The number of thioether (sulfide) groups is 1. The van der Waals surface area contributed by atoms with Crippen LogP contribution in [-0.4, -0.2) is 33.4 Å². The van der Waals surface area contributed by atoms with Gasteiger partial charge in [0.25, 0.3) is 11.5 Å². The fraction of sp³-hybridized carbons (Fsp3) is 0.333. The molecule has 0 aliphatic rings. The van der Waals surface area contributed by atoms with Gasteiger partial charge in [-0.2, -0.15) is 0 Å². The van der Waals surface area contributed by atoms with Gasteiger partial charge in [0.15, 0.2) is 6.61 Å². The number of ether oxygens (including phenoxy) is 1. The molecule has 27 heavy (non-hydrogen) atoms. The third-order valence-electron chi connectivity index (χ3n) is 3.85. The fourth-order valence-electron chi connectivity index (χ4n) is 2.22. The van der Waals surface area contributed by atoms with Crippen molar-refractivity contribution in [3.05, 3.63) is 56.2 Å². The van der Waals surface area contributed by atoms with E-state index in [9.17, 15) is 19.2 Å². The van der Waals surface area contributed by atoms with Crippen LogP contribution >= 0.6 is 11.8 Å². The highest BCUT2D eigenvalue weighted by Crippen LogP contribution is 2.23. The van der Waals surface area contributed by atoms with E-state index in [1.54, 1.807) is 0 Å². The topological polar surface area (TPSA) is 99.4 Å². The Bertz CT molecular complexity index is 993. The molecular formula is C18H21N3O5S. The van der Waals surface area contributed by atoms with Crippen molar-refractivity contribution in [1.29, 1.82) is 0 Å². The molecule has 0 aliphatic carbocycles. The van der Waals surface area contributed by atoms with Gasteiger partial charge in [-0.05, 0) is 25.5 Å². The standard InChI is InChI=1S/C18H21N3O5S/c1-11-5-6-12(2)13(7-11)27-10-17(24)26-9-15(22)19-14-8-16(23)21(4)18(25)20(14)3/h5-8H,9-10H2,1-4H3,(H,19,22). The third kappa shape index (κ3) is 5.33. The van der Waals surface area contributed by atoms with E-state index in [1.807, 2.05) is 32.0 Å². The van der Waals surface area contributed by atoms with Crippen LogP contribution in [0.15, 0.2) is 38.8 Å². The van der Waals surface area contributed by atoms with Crippen LogP contribution in [-0.2, 0) is 28.4 Å². The first-order valence-corrected chi connectivity index (χ1v) is 9.10. The summed E-state index contributed by atoms with van der Waals surface area (Å²) in [6.07, 6.45) is 0. The lowest BCUT2D eigenvalue weighted by atomic mass is 10.2. The van der Waals surface area contributed by atoms with Gasteiger partial charge < -0.3 is 10.1 Å². The van der Waals surface area contributed by atoms with E-state index in [-0.39, 0.29) is 11.6 Å². The maximum Gasteiger partial charge on any atom is 0.332 e. The Hall–Kier alpha value is -2.81. The highest BCUT2D eigenvalue weighted by atomic mass is 32.2. The Morgan fingerprint density at radius 1 is 1.11 bits per heavy atom. The number of nitrogens with zero attached hydrogens (tertiary/aromatic N) is 2. The second-order valence-corrected chi connectivity index (χ2v) is 7.05. The molecule has 0 fully saturated rings. The zero-order chi connectivity index (χ0) is 20.1. The predicted molar refractivity (Wildman–Crippen MR) is 103 cm³/mol. The van der Waals surface area contributed by atoms with Gasteiger partial charge in [-0.3, -0.25) is 23.5 Å². The summed E-state index contributed by atoms with van der Waals surface area (Å²) in [4.78, 5) is 48.2. The number of hydrogen-bond acceptors (Lipinski definition) is 6. The zero-order valence-corrected chi connectivity index (χ0v) is 16.4. The van der Waals surface area contributed by atoms with E-state index in [0.717, 1.165) is 31.2 Å². The predicted octanol–water partition coefficient (Wildman–Crippen LogP) is 0.975. The maximum atomic E-state index is 11.9. The van der Waals surface area contributed by atoms with Gasteiger partial charge in [-0.1, -0.05) is 17.7 Å². The molecular weight excluding hydrogens is 370 g/mol. The normalized spacial score (nSPS) is 10.5. The van der Waals surface area contributed by atoms with Crippen molar-refractivity contribution in [2.75, 3.05) is 17.7 Å². The number of aromatic nitrogens is 2. The average Bonchev–Trinajstić information content (AvgIpc) is 2.63.